The predicted octanol–water partition coefficient (Wildman–Crippen LogP) is 3.50. The number of hydrogen-bond donors (Lipinski definition) is 1. The van der Waals surface area contributed by atoms with Crippen LogP contribution in [0.4, 0.5) is 13.2 Å². The van der Waals surface area contributed by atoms with Gasteiger partial charge in [-0.1, -0.05) is 18.2 Å². The van der Waals surface area contributed by atoms with Crippen LogP contribution in [0.1, 0.15) is 10.4 Å². The van der Waals surface area contributed by atoms with E-state index < -0.39 is 23.6 Å². The van der Waals surface area contributed by atoms with Crippen molar-refractivity contribution in [2.45, 2.75) is 26.4 Å². The molecule has 0 atom stereocenters. The van der Waals surface area contributed by atoms with E-state index in [4.69, 9.17) is 0 Å². The van der Waals surface area contributed by atoms with Gasteiger partial charge in [-0.25, -0.2) is 4.68 Å². The molecule has 0 aliphatic carbocycles. The molecule has 0 saturated heterocycles. The number of benzene rings is 1. The highest BCUT2D eigenvalue weighted by Crippen LogP contribution is 2.26. The molecule has 0 aliphatic heterocycles. The summed E-state index contributed by atoms with van der Waals surface area (Å²) in [5.41, 5.74) is 0.249. The average molecular weight is 423 g/mol. The van der Waals surface area contributed by atoms with Crippen LogP contribution in [0.3, 0.4) is 0 Å². The lowest BCUT2D eigenvalue weighted by molar-refractivity contribution is -0.274. The van der Waals surface area contributed by atoms with E-state index >= 15 is 0 Å². The lowest BCUT2D eigenvalue weighted by atomic mass is 10.2. The van der Waals surface area contributed by atoms with E-state index in [2.05, 4.69) is 15.2 Å². The zero-order valence-corrected chi connectivity index (χ0v) is 16.0. The molecule has 0 fully saturated rings. The molecule has 1 N–H and O–H groups in total. The van der Waals surface area contributed by atoms with E-state index in [-0.39, 0.29) is 18.7 Å². The Morgan fingerprint density at radius 3 is 2.62 bits per heavy atom. The zero-order valence-electron chi connectivity index (χ0n) is 15.2. The number of hydrogen-bond acceptors (Lipinski definition) is 5. The van der Waals surface area contributed by atoms with Crippen molar-refractivity contribution in [3.8, 4) is 16.3 Å². The zero-order chi connectivity index (χ0) is 21.0. The molecule has 6 nitrogen and oxygen atoms in total. The smallest absolute Gasteiger partial charge is 0.405 e. The number of aryl methyl sites for hydroxylation is 1. The minimum atomic E-state index is -4.84. The van der Waals surface area contributed by atoms with Crippen LogP contribution < -0.4 is 15.6 Å². The first-order valence-corrected chi connectivity index (χ1v) is 9.28. The Morgan fingerprint density at radius 2 is 1.93 bits per heavy atom. The molecule has 0 spiro atoms. The third-order valence-corrected chi connectivity index (χ3v) is 4.85. The molecule has 152 valence electrons. The molecule has 10 heteroatoms. The molecule has 2 heterocycles. The number of thiophene rings is 1. The SMILES string of the molecule is Cc1ccc(-c2ccc(=O)n(CC(=O)NCc3ccccc3OC(F)(F)F)n2)s1. The quantitative estimate of drug-likeness (QED) is 0.659. The normalized spacial score (nSPS) is 11.3. The first kappa shape index (κ1) is 20.6. The summed E-state index contributed by atoms with van der Waals surface area (Å²) in [6.07, 6.45) is -4.84. The Balaban J connectivity index is 1.68. The number of amides is 1. The van der Waals surface area contributed by atoms with Gasteiger partial charge < -0.3 is 10.1 Å². The number of alkyl halides is 3. The van der Waals surface area contributed by atoms with Crippen LogP contribution in [0.2, 0.25) is 0 Å². The molecule has 0 radical (unpaired) electrons. The summed E-state index contributed by atoms with van der Waals surface area (Å²) in [7, 11) is 0. The van der Waals surface area contributed by atoms with Gasteiger partial charge in [0.1, 0.15) is 18.0 Å². The van der Waals surface area contributed by atoms with Crippen molar-refractivity contribution in [3.05, 3.63) is 69.3 Å². The molecule has 3 rings (SSSR count). The van der Waals surface area contributed by atoms with Gasteiger partial charge in [0, 0.05) is 23.1 Å². The van der Waals surface area contributed by atoms with Crippen molar-refractivity contribution in [2.75, 3.05) is 0 Å². The standard InChI is InChI=1S/C19H16F3N3O3S/c1-12-6-8-16(29-12)14-7-9-18(27)25(24-14)11-17(26)23-10-13-4-2-3-5-15(13)28-19(20,21)22/h2-9H,10-11H2,1H3,(H,23,26). The number of nitrogens with zero attached hydrogens (tertiary/aromatic N) is 2. The molecule has 29 heavy (non-hydrogen) atoms. The minimum absolute atomic E-state index is 0.154. The molecule has 0 unspecified atom stereocenters. The predicted molar refractivity (Wildman–Crippen MR) is 102 cm³/mol. The van der Waals surface area contributed by atoms with E-state index in [0.717, 1.165) is 20.5 Å². The van der Waals surface area contributed by atoms with E-state index in [1.165, 1.54) is 35.6 Å². The molecule has 0 aliphatic rings. The van der Waals surface area contributed by atoms with Gasteiger partial charge in [0.05, 0.1) is 4.88 Å². The average Bonchev–Trinajstić information content (AvgIpc) is 3.08. The van der Waals surface area contributed by atoms with E-state index in [0.29, 0.717) is 5.69 Å². The third-order valence-electron chi connectivity index (χ3n) is 3.83. The number of halogens is 3. The van der Waals surface area contributed by atoms with Gasteiger partial charge in [-0.05, 0) is 31.2 Å². The van der Waals surface area contributed by atoms with Crippen molar-refractivity contribution < 1.29 is 22.7 Å². The minimum Gasteiger partial charge on any atom is -0.405 e. The highest BCUT2D eigenvalue weighted by molar-refractivity contribution is 7.15. The molecule has 0 bridgehead atoms. The molecular formula is C19H16F3N3O3S. The second-order valence-electron chi connectivity index (χ2n) is 6.06. The Labute approximate surface area is 167 Å². The van der Waals surface area contributed by atoms with Crippen LogP contribution in [-0.4, -0.2) is 22.1 Å². The number of nitrogens with one attached hydrogen (secondary N) is 1. The second-order valence-corrected chi connectivity index (χ2v) is 7.34. The van der Waals surface area contributed by atoms with Crippen LogP contribution in [0.25, 0.3) is 10.6 Å². The van der Waals surface area contributed by atoms with E-state index in [1.54, 1.807) is 6.07 Å². The molecule has 3 aromatic rings. The second kappa shape index (κ2) is 8.48. The number of rotatable bonds is 6. The summed E-state index contributed by atoms with van der Waals surface area (Å²) in [6, 6.07) is 12.2. The van der Waals surface area contributed by atoms with Crippen molar-refractivity contribution in [2.24, 2.45) is 0 Å². The maximum Gasteiger partial charge on any atom is 0.573 e. The fourth-order valence-electron chi connectivity index (χ4n) is 2.53. The molecular weight excluding hydrogens is 407 g/mol. The Hall–Kier alpha value is -3.14. The highest BCUT2D eigenvalue weighted by atomic mass is 32.1. The summed E-state index contributed by atoms with van der Waals surface area (Å²) >= 11 is 1.50. The topological polar surface area (TPSA) is 73.2 Å². The number of carbonyl (C=O) groups excluding carboxylic acids is 1. The lowest BCUT2D eigenvalue weighted by Gasteiger charge is -2.13. The summed E-state index contributed by atoms with van der Waals surface area (Å²) < 4.78 is 42.4. The maximum atomic E-state index is 12.5. The monoisotopic (exact) mass is 423 g/mol. The van der Waals surface area contributed by atoms with E-state index in [9.17, 15) is 22.8 Å². The van der Waals surface area contributed by atoms with Crippen LogP contribution in [0.15, 0.2) is 53.3 Å². The van der Waals surface area contributed by atoms with E-state index in [1.807, 2.05) is 19.1 Å². The fourth-order valence-corrected chi connectivity index (χ4v) is 3.36. The number of carbonyl (C=O) groups is 1. The summed E-state index contributed by atoms with van der Waals surface area (Å²) in [5.74, 6) is -0.966. The third kappa shape index (κ3) is 5.67. The first-order chi connectivity index (χ1) is 13.7. The number of para-hydroxylation sites is 1. The Bertz CT molecular complexity index is 1080. The van der Waals surface area contributed by atoms with Crippen LogP contribution >= 0.6 is 11.3 Å². The van der Waals surface area contributed by atoms with Crippen LogP contribution in [0.5, 0.6) is 5.75 Å². The van der Waals surface area contributed by atoms with Crippen molar-refractivity contribution >= 4 is 17.2 Å². The van der Waals surface area contributed by atoms with Crippen molar-refractivity contribution in [1.82, 2.24) is 15.1 Å². The molecule has 1 aromatic carbocycles. The fraction of sp³-hybridized carbons (Fsp3) is 0.211. The highest BCUT2D eigenvalue weighted by Gasteiger charge is 2.32. The van der Waals surface area contributed by atoms with Gasteiger partial charge in [-0.2, -0.15) is 5.10 Å². The van der Waals surface area contributed by atoms with Gasteiger partial charge in [0.25, 0.3) is 5.56 Å². The van der Waals surface area contributed by atoms with Gasteiger partial charge in [-0.3, -0.25) is 9.59 Å². The van der Waals surface area contributed by atoms with Crippen molar-refractivity contribution in [1.29, 1.82) is 0 Å². The molecule has 1 amide bonds. The van der Waals surface area contributed by atoms with Gasteiger partial charge >= 0.3 is 6.36 Å². The van der Waals surface area contributed by atoms with Gasteiger partial charge in [-0.15, -0.1) is 24.5 Å². The number of aromatic nitrogens is 2. The molecule has 2 aromatic heterocycles. The van der Waals surface area contributed by atoms with Gasteiger partial charge in [0.2, 0.25) is 5.91 Å². The summed E-state index contributed by atoms with van der Waals surface area (Å²) in [6.45, 7) is 1.39. The lowest BCUT2D eigenvalue weighted by Crippen LogP contribution is -2.33. The summed E-state index contributed by atoms with van der Waals surface area (Å²) in [5, 5.41) is 6.68. The largest absolute Gasteiger partial charge is 0.573 e. The van der Waals surface area contributed by atoms with Crippen LogP contribution in [0, 0.1) is 6.92 Å². The summed E-state index contributed by atoms with van der Waals surface area (Å²) in [4.78, 5) is 26.2. The molecule has 0 saturated carbocycles. The van der Waals surface area contributed by atoms with Crippen molar-refractivity contribution in [3.63, 3.8) is 0 Å². The Kier molecular flexibility index (Phi) is 6.02. The maximum absolute atomic E-state index is 12.5. The first-order valence-electron chi connectivity index (χ1n) is 8.46. The number of ether oxygens (including phenoxy) is 1. The van der Waals surface area contributed by atoms with Crippen LogP contribution in [-0.2, 0) is 17.9 Å². The Morgan fingerprint density at radius 1 is 1.17 bits per heavy atom. The van der Waals surface area contributed by atoms with Gasteiger partial charge in [0.15, 0.2) is 0 Å².